The van der Waals surface area contributed by atoms with Crippen LogP contribution in [-0.4, -0.2) is 26.4 Å². The minimum atomic E-state index is -0.281. The second-order valence-corrected chi connectivity index (χ2v) is 5.49. The second-order valence-electron chi connectivity index (χ2n) is 3.52. The molecule has 0 spiro atoms. The third-order valence-electron chi connectivity index (χ3n) is 2.21. The van der Waals surface area contributed by atoms with Crippen molar-refractivity contribution in [2.45, 2.75) is 11.7 Å². The van der Waals surface area contributed by atoms with Gasteiger partial charge in [0.05, 0.1) is 12.3 Å². The third-order valence-corrected chi connectivity index (χ3v) is 4.12. The fourth-order valence-corrected chi connectivity index (χ4v) is 2.64. The number of aromatic amines is 1. The van der Waals surface area contributed by atoms with Crippen LogP contribution in [0.25, 0.3) is 0 Å². The number of nitrogens with zero attached hydrogens (tertiary/aromatic N) is 2. The molecule has 2 aromatic rings. The predicted molar refractivity (Wildman–Crippen MR) is 70.7 cm³/mol. The van der Waals surface area contributed by atoms with Gasteiger partial charge in [0.2, 0.25) is 5.91 Å². The number of amides is 1. The normalized spacial score (nSPS) is 10.5. The Labute approximate surface area is 111 Å². The van der Waals surface area contributed by atoms with Crippen molar-refractivity contribution in [3.8, 4) is 0 Å². The number of carbonyl (C=O) groups is 1. The number of hydrogen-bond acceptors (Lipinski definition) is 5. The lowest BCUT2D eigenvalue weighted by atomic mass is 10.4. The summed E-state index contributed by atoms with van der Waals surface area (Å²) in [6.45, 7) is 0.538. The molecule has 6 nitrogen and oxygen atoms in total. The molecule has 0 aromatic carbocycles. The lowest BCUT2D eigenvalue weighted by molar-refractivity contribution is -0.118. The maximum atomic E-state index is 11.6. The smallest absolute Gasteiger partial charge is 0.343 e. The zero-order valence-electron chi connectivity index (χ0n) is 9.67. The van der Waals surface area contributed by atoms with Crippen molar-refractivity contribution >= 4 is 29.0 Å². The number of thioether (sulfide) groups is 1. The summed E-state index contributed by atoms with van der Waals surface area (Å²) < 4.78 is 1.37. The van der Waals surface area contributed by atoms with E-state index in [4.69, 9.17) is 0 Å². The monoisotopic (exact) mass is 284 g/mol. The van der Waals surface area contributed by atoms with Gasteiger partial charge in [-0.25, -0.2) is 9.89 Å². The first kappa shape index (κ1) is 12.9. The number of aromatic nitrogens is 3. The molecule has 0 aliphatic carbocycles. The number of carbonyl (C=O) groups excluding carboxylic acids is 1. The summed E-state index contributed by atoms with van der Waals surface area (Å²) in [6, 6.07) is 3.91. The molecule has 0 atom stereocenters. The standard InChI is InChI=1S/C10H12N4O2S2/c1-14-9(16)12-13-10(14)18-6-8(15)11-5-7-3-2-4-17-7/h2-4H,5-6H2,1H3,(H,11,15)(H,12,16). The van der Waals surface area contributed by atoms with Gasteiger partial charge in [0.25, 0.3) is 0 Å². The van der Waals surface area contributed by atoms with Crippen LogP contribution in [0.2, 0.25) is 0 Å². The molecular weight excluding hydrogens is 272 g/mol. The molecular formula is C10H12N4O2S2. The molecule has 0 saturated heterocycles. The van der Waals surface area contributed by atoms with Gasteiger partial charge in [-0.2, -0.15) is 0 Å². The highest BCUT2D eigenvalue weighted by Gasteiger charge is 2.08. The fraction of sp³-hybridized carbons (Fsp3) is 0.300. The van der Waals surface area contributed by atoms with Crippen LogP contribution >= 0.6 is 23.1 Å². The number of rotatable bonds is 5. The molecule has 0 bridgehead atoms. The van der Waals surface area contributed by atoms with E-state index in [1.165, 1.54) is 16.3 Å². The molecule has 2 aromatic heterocycles. The van der Waals surface area contributed by atoms with Crippen LogP contribution in [0, 0.1) is 0 Å². The van der Waals surface area contributed by atoms with E-state index < -0.39 is 0 Å². The van der Waals surface area contributed by atoms with Crippen molar-refractivity contribution in [2.75, 3.05) is 5.75 Å². The van der Waals surface area contributed by atoms with Gasteiger partial charge >= 0.3 is 5.69 Å². The number of nitrogens with one attached hydrogen (secondary N) is 2. The SMILES string of the molecule is Cn1c(SCC(=O)NCc2cccs2)n[nH]c1=O. The molecule has 8 heteroatoms. The Bertz CT molecular complexity index is 573. The van der Waals surface area contributed by atoms with E-state index >= 15 is 0 Å². The van der Waals surface area contributed by atoms with Crippen molar-refractivity contribution < 1.29 is 4.79 Å². The molecule has 0 unspecified atom stereocenters. The Morgan fingerprint density at radius 2 is 2.50 bits per heavy atom. The van der Waals surface area contributed by atoms with Crippen molar-refractivity contribution in [1.82, 2.24) is 20.1 Å². The zero-order chi connectivity index (χ0) is 13.0. The van der Waals surface area contributed by atoms with Crippen LogP contribution in [0.15, 0.2) is 27.5 Å². The topological polar surface area (TPSA) is 79.8 Å². The quantitative estimate of drug-likeness (QED) is 0.787. The first-order valence-electron chi connectivity index (χ1n) is 5.20. The van der Waals surface area contributed by atoms with Gasteiger partial charge in [-0.3, -0.25) is 9.36 Å². The first-order valence-corrected chi connectivity index (χ1v) is 7.06. The van der Waals surface area contributed by atoms with E-state index in [0.29, 0.717) is 11.7 Å². The van der Waals surface area contributed by atoms with Crippen LogP contribution in [-0.2, 0) is 18.4 Å². The Kier molecular flexibility index (Phi) is 4.21. The average Bonchev–Trinajstić information content (AvgIpc) is 2.97. The maximum Gasteiger partial charge on any atom is 0.343 e. The number of hydrogen-bond donors (Lipinski definition) is 2. The Balaban J connectivity index is 1.78. The Morgan fingerprint density at radius 1 is 1.67 bits per heavy atom. The summed E-state index contributed by atoms with van der Waals surface area (Å²) in [5.41, 5.74) is -0.281. The predicted octanol–water partition coefficient (Wildman–Crippen LogP) is 0.578. The highest BCUT2D eigenvalue weighted by atomic mass is 32.2. The summed E-state index contributed by atoms with van der Waals surface area (Å²) in [5, 5.41) is 11.4. The minimum Gasteiger partial charge on any atom is -0.350 e. The summed E-state index contributed by atoms with van der Waals surface area (Å²) in [7, 11) is 1.61. The van der Waals surface area contributed by atoms with Gasteiger partial charge in [0.15, 0.2) is 5.16 Å². The number of thiophene rings is 1. The molecule has 2 rings (SSSR count). The van der Waals surface area contributed by atoms with Crippen LogP contribution in [0.4, 0.5) is 0 Å². The summed E-state index contributed by atoms with van der Waals surface area (Å²) in [5.74, 6) is 0.160. The summed E-state index contributed by atoms with van der Waals surface area (Å²) in [6.07, 6.45) is 0. The van der Waals surface area contributed by atoms with Crippen molar-refractivity contribution in [1.29, 1.82) is 0 Å². The molecule has 18 heavy (non-hydrogen) atoms. The highest BCUT2D eigenvalue weighted by Crippen LogP contribution is 2.11. The largest absolute Gasteiger partial charge is 0.350 e. The van der Waals surface area contributed by atoms with E-state index in [9.17, 15) is 9.59 Å². The van der Waals surface area contributed by atoms with Gasteiger partial charge < -0.3 is 5.32 Å². The second kappa shape index (κ2) is 5.87. The van der Waals surface area contributed by atoms with Gasteiger partial charge in [-0.05, 0) is 11.4 Å². The Morgan fingerprint density at radius 3 is 3.11 bits per heavy atom. The minimum absolute atomic E-state index is 0.0798. The summed E-state index contributed by atoms with van der Waals surface area (Å²) >= 11 is 2.83. The molecule has 0 aliphatic rings. The van der Waals surface area contributed by atoms with Gasteiger partial charge in [-0.15, -0.1) is 16.4 Å². The van der Waals surface area contributed by atoms with E-state index in [0.717, 1.165) is 4.88 Å². The molecule has 0 radical (unpaired) electrons. The van der Waals surface area contributed by atoms with E-state index in [2.05, 4.69) is 15.5 Å². The van der Waals surface area contributed by atoms with E-state index in [1.807, 2.05) is 17.5 Å². The molecule has 0 fully saturated rings. The highest BCUT2D eigenvalue weighted by molar-refractivity contribution is 7.99. The lowest BCUT2D eigenvalue weighted by Crippen LogP contribution is -2.24. The lowest BCUT2D eigenvalue weighted by Gasteiger charge is -2.02. The van der Waals surface area contributed by atoms with E-state index in [-0.39, 0.29) is 17.3 Å². The van der Waals surface area contributed by atoms with Gasteiger partial charge in [0.1, 0.15) is 0 Å². The first-order chi connectivity index (χ1) is 8.66. The summed E-state index contributed by atoms with van der Waals surface area (Å²) in [4.78, 5) is 23.8. The molecule has 2 N–H and O–H groups in total. The average molecular weight is 284 g/mol. The van der Waals surface area contributed by atoms with Gasteiger partial charge in [-0.1, -0.05) is 17.8 Å². The van der Waals surface area contributed by atoms with Gasteiger partial charge in [0, 0.05) is 11.9 Å². The Hall–Kier alpha value is -1.54. The fourth-order valence-electron chi connectivity index (χ4n) is 1.24. The molecule has 0 aliphatic heterocycles. The van der Waals surface area contributed by atoms with Crippen molar-refractivity contribution in [2.24, 2.45) is 7.05 Å². The maximum absolute atomic E-state index is 11.6. The zero-order valence-corrected chi connectivity index (χ0v) is 11.3. The van der Waals surface area contributed by atoms with Crippen molar-refractivity contribution in [3.63, 3.8) is 0 Å². The molecule has 96 valence electrons. The third kappa shape index (κ3) is 3.23. The van der Waals surface area contributed by atoms with E-state index in [1.54, 1.807) is 18.4 Å². The molecule has 0 saturated carbocycles. The van der Waals surface area contributed by atoms with Crippen LogP contribution in [0.1, 0.15) is 4.88 Å². The van der Waals surface area contributed by atoms with Crippen LogP contribution in [0.3, 0.4) is 0 Å². The van der Waals surface area contributed by atoms with Crippen LogP contribution in [0.5, 0.6) is 0 Å². The van der Waals surface area contributed by atoms with Crippen molar-refractivity contribution in [3.05, 3.63) is 32.9 Å². The number of H-pyrrole nitrogens is 1. The molecule has 2 heterocycles. The van der Waals surface area contributed by atoms with Crippen LogP contribution < -0.4 is 11.0 Å². The molecule has 1 amide bonds.